The number of carbonyl (C=O) groups is 1. The fourth-order valence-corrected chi connectivity index (χ4v) is 3.18. The average molecular weight is 332 g/mol. The molecule has 2 amide bonds. The van der Waals surface area contributed by atoms with Gasteiger partial charge in [-0.15, -0.1) is 11.8 Å². The Hall–Kier alpha value is -1.95. The zero-order valence-corrected chi connectivity index (χ0v) is 15.1. The number of carbonyl (C=O) groups excluding carboxylic acids is 1. The molecule has 0 radical (unpaired) electrons. The third kappa shape index (κ3) is 4.28. The summed E-state index contributed by atoms with van der Waals surface area (Å²) >= 11 is 1.68. The maximum absolute atomic E-state index is 12.3. The molecule has 124 valence electrons. The summed E-state index contributed by atoms with van der Waals surface area (Å²) in [7, 11) is 1.85. The van der Waals surface area contributed by atoms with E-state index in [-0.39, 0.29) is 18.0 Å². The molecule has 2 aromatic rings. The molecule has 0 saturated carbocycles. The van der Waals surface area contributed by atoms with Gasteiger partial charge in [-0.1, -0.05) is 32.0 Å². The average Bonchev–Trinajstić information content (AvgIpc) is 2.87. The van der Waals surface area contributed by atoms with Crippen LogP contribution in [0.25, 0.3) is 0 Å². The van der Waals surface area contributed by atoms with E-state index in [0.717, 1.165) is 16.9 Å². The first-order chi connectivity index (χ1) is 10.9. The van der Waals surface area contributed by atoms with E-state index in [9.17, 15) is 4.79 Å². The van der Waals surface area contributed by atoms with E-state index in [1.807, 2.05) is 44.6 Å². The van der Waals surface area contributed by atoms with Crippen LogP contribution in [0.3, 0.4) is 0 Å². The summed E-state index contributed by atoms with van der Waals surface area (Å²) in [5.74, 6) is 0.251. The lowest BCUT2D eigenvalue weighted by atomic mass is 10.1. The normalized spacial score (nSPS) is 12.3. The Kier molecular flexibility index (Phi) is 5.71. The minimum atomic E-state index is -0.219. The largest absolute Gasteiger partial charge is 0.331 e. The molecule has 0 aliphatic carbocycles. The van der Waals surface area contributed by atoms with Crippen molar-refractivity contribution in [2.45, 2.75) is 37.6 Å². The van der Waals surface area contributed by atoms with Crippen molar-refractivity contribution in [1.82, 2.24) is 15.1 Å². The van der Waals surface area contributed by atoms with Crippen LogP contribution in [-0.4, -0.2) is 22.1 Å². The van der Waals surface area contributed by atoms with Gasteiger partial charge < -0.3 is 10.6 Å². The number of amides is 2. The molecule has 0 fully saturated rings. The predicted octanol–water partition coefficient (Wildman–Crippen LogP) is 4.15. The first-order valence-corrected chi connectivity index (χ1v) is 8.88. The summed E-state index contributed by atoms with van der Waals surface area (Å²) < 4.78 is 1.72. The number of benzene rings is 1. The number of thioether (sulfide) groups is 1. The van der Waals surface area contributed by atoms with Crippen LogP contribution >= 0.6 is 11.8 Å². The van der Waals surface area contributed by atoms with Crippen LogP contribution in [0, 0.1) is 0 Å². The maximum atomic E-state index is 12.3. The smallest absolute Gasteiger partial charge is 0.319 e. The van der Waals surface area contributed by atoms with Crippen molar-refractivity contribution in [3.05, 3.63) is 41.7 Å². The van der Waals surface area contributed by atoms with Crippen molar-refractivity contribution in [2.24, 2.45) is 7.05 Å². The highest BCUT2D eigenvalue weighted by atomic mass is 32.2. The fraction of sp³-hybridized carbons (Fsp3) is 0.412. The van der Waals surface area contributed by atoms with Crippen LogP contribution in [0.5, 0.6) is 0 Å². The van der Waals surface area contributed by atoms with Crippen molar-refractivity contribution in [3.63, 3.8) is 0 Å². The molecule has 23 heavy (non-hydrogen) atoms. The molecule has 1 aromatic heterocycles. The number of hydrogen-bond acceptors (Lipinski definition) is 3. The Morgan fingerprint density at radius 2 is 1.96 bits per heavy atom. The van der Waals surface area contributed by atoms with Crippen molar-refractivity contribution in [2.75, 3.05) is 11.6 Å². The highest BCUT2D eigenvalue weighted by Crippen LogP contribution is 2.26. The van der Waals surface area contributed by atoms with E-state index in [2.05, 4.69) is 35.6 Å². The van der Waals surface area contributed by atoms with Gasteiger partial charge in [0.05, 0.1) is 17.4 Å². The van der Waals surface area contributed by atoms with Crippen molar-refractivity contribution in [1.29, 1.82) is 0 Å². The molecule has 6 heteroatoms. The topological polar surface area (TPSA) is 59.0 Å². The second-order valence-electron chi connectivity index (χ2n) is 5.82. The van der Waals surface area contributed by atoms with Gasteiger partial charge in [0.2, 0.25) is 0 Å². The number of aromatic nitrogens is 2. The molecule has 0 aliphatic rings. The summed E-state index contributed by atoms with van der Waals surface area (Å²) in [6.07, 6.45) is 3.87. The molecule has 0 unspecified atom stereocenters. The van der Waals surface area contributed by atoms with E-state index in [0.29, 0.717) is 0 Å². The summed E-state index contributed by atoms with van der Waals surface area (Å²) in [6.45, 7) is 6.10. The zero-order valence-electron chi connectivity index (χ0n) is 14.3. The van der Waals surface area contributed by atoms with Gasteiger partial charge in [-0.25, -0.2) is 4.79 Å². The van der Waals surface area contributed by atoms with E-state index >= 15 is 0 Å². The van der Waals surface area contributed by atoms with E-state index in [1.165, 1.54) is 4.90 Å². The molecule has 0 bridgehead atoms. The number of anilines is 1. The Morgan fingerprint density at radius 1 is 1.26 bits per heavy atom. The maximum Gasteiger partial charge on any atom is 0.319 e. The molecule has 2 N–H and O–H groups in total. The van der Waals surface area contributed by atoms with Crippen molar-refractivity contribution >= 4 is 23.5 Å². The van der Waals surface area contributed by atoms with Crippen molar-refractivity contribution in [3.8, 4) is 0 Å². The van der Waals surface area contributed by atoms with E-state index in [4.69, 9.17) is 0 Å². The number of nitrogens with zero attached hydrogens (tertiary/aromatic N) is 2. The number of urea groups is 1. The Morgan fingerprint density at radius 3 is 2.61 bits per heavy atom. The minimum absolute atomic E-state index is 0.0715. The van der Waals surface area contributed by atoms with Crippen LogP contribution in [0.4, 0.5) is 10.5 Å². The van der Waals surface area contributed by atoms with Gasteiger partial charge in [0.1, 0.15) is 0 Å². The van der Waals surface area contributed by atoms with Gasteiger partial charge in [0.15, 0.2) is 0 Å². The fourth-order valence-electron chi connectivity index (χ4n) is 2.49. The molecule has 1 heterocycles. The Labute approximate surface area is 141 Å². The van der Waals surface area contributed by atoms with Crippen LogP contribution in [0.1, 0.15) is 44.0 Å². The third-order valence-electron chi connectivity index (χ3n) is 3.61. The first kappa shape index (κ1) is 17.4. The SMILES string of the molecule is CSc1ccccc1[C@@H](C)NC(=O)Nc1cn(C)nc1C(C)C. The standard InChI is InChI=1S/C17H24N4OS/c1-11(2)16-14(10-21(4)20-16)19-17(22)18-12(3)13-8-6-7-9-15(13)23-5/h6-12H,1-5H3,(H2,18,19,22)/t12-/m1/s1. The first-order valence-electron chi connectivity index (χ1n) is 7.66. The number of aryl methyl sites for hydroxylation is 1. The molecule has 1 atom stereocenters. The molecule has 0 aliphatic heterocycles. The Balaban J connectivity index is 2.08. The monoisotopic (exact) mass is 332 g/mol. The lowest BCUT2D eigenvalue weighted by Gasteiger charge is -2.17. The summed E-state index contributed by atoms with van der Waals surface area (Å²) in [5.41, 5.74) is 2.76. The second kappa shape index (κ2) is 7.55. The third-order valence-corrected chi connectivity index (χ3v) is 4.42. The molecular weight excluding hydrogens is 308 g/mol. The Bertz CT molecular complexity index is 681. The summed E-state index contributed by atoms with van der Waals surface area (Å²) in [4.78, 5) is 13.5. The van der Waals surface area contributed by atoms with Crippen LogP contribution in [-0.2, 0) is 7.05 Å². The van der Waals surface area contributed by atoms with Gasteiger partial charge in [-0.3, -0.25) is 4.68 Å². The molecule has 0 saturated heterocycles. The quantitative estimate of drug-likeness (QED) is 0.809. The van der Waals surface area contributed by atoms with Crippen LogP contribution in [0.2, 0.25) is 0 Å². The molecule has 2 rings (SSSR count). The van der Waals surface area contributed by atoms with Crippen molar-refractivity contribution < 1.29 is 4.79 Å². The zero-order chi connectivity index (χ0) is 17.0. The highest BCUT2D eigenvalue weighted by Gasteiger charge is 2.16. The number of nitrogens with one attached hydrogen (secondary N) is 2. The summed E-state index contributed by atoms with van der Waals surface area (Å²) in [5, 5.41) is 10.3. The molecule has 1 aromatic carbocycles. The lowest BCUT2D eigenvalue weighted by molar-refractivity contribution is 0.249. The van der Waals surface area contributed by atoms with Gasteiger partial charge in [0.25, 0.3) is 0 Å². The summed E-state index contributed by atoms with van der Waals surface area (Å²) in [6, 6.07) is 7.81. The van der Waals surface area contributed by atoms with Crippen LogP contribution in [0.15, 0.2) is 35.4 Å². The van der Waals surface area contributed by atoms with E-state index in [1.54, 1.807) is 16.4 Å². The predicted molar refractivity (Wildman–Crippen MR) is 96.1 cm³/mol. The van der Waals surface area contributed by atoms with Gasteiger partial charge in [0, 0.05) is 18.1 Å². The van der Waals surface area contributed by atoms with Gasteiger partial charge in [-0.2, -0.15) is 5.10 Å². The minimum Gasteiger partial charge on any atom is -0.331 e. The van der Waals surface area contributed by atoms with Gasteiger partial charge >= 0.3 is 6.03 Å². The molecule has 0 spiro atoms. The molecular formula is C17H24N4OS. The van der Waals surface area contributed by atoms with Crippen LogP contribution < -0.4 is 10.6 Å². The molecule has 5 nitrogen and oxygen atoms in total. The van der Waals surface area contributed by atoms with Gasteiger partial charge in [-0.05, 0) is 30.7 Å². The highest BCUT2D eigenvalue weighted by molar-refractivity contribution is 7.98. The lowest BCUT2D eigenvalue weighted by Crippen LogP contribution is -2.31. The number of rotatable bonds is 5. The number of hydrogen-bond donors (Lipinski definition) is 2. The van der Waals surface area contributed by atoms with E-state index < -0.39 is 0 Å². The second-order valence-corrected chi connectivity index (χ2v) is 6.67.